The number of nitrogen functional groups attached to an aromatic ring is 2. The first-order valence-corrected chi connectivity index (χ1v) is 5.45. The van der Waals surface area contributed by atoms with Crippen molar-refractivity contribution in [1.29, 1.82) is 0 Å². The second-order valence-corrected chi connectivity index (χ2v) is 3.99. The molecule has 1 aliphatic heterocycles. The van der Waals surface area contributed by atoms with Crippen molar-refractivity contribution < 1.29 is 0 Å². The van der Waals surface area contributed by atoms with Gasteiger partial charge in [-0.05, 0) is 31.8 Å². The zero-order valence-electron chi connectivity index (χ0n) is 9.11. The van der Waals surface area contributed by atoms with Crippen molar-refractivity contribution in [2.45, 2.75) is 12.8 Å². The summed E-state index contributed by atoms with van der Waals surface area (Å²) in [6, 6.07) is 0. The number of piperidine rings is 1. The Balaban J connectivity index is 1.89. The molecule has 0 aliphatic carbocycles. The number of nitrogens with one attached hydrogen (secondary N) is 2. The highest BCUT2D eigenvalue weighted by Crippen LogP contribution is 2.26. The number of aromatic amines is 1. The molecule has 1 saturated heterocycles. The number of H-pyrrole nitrogens is 1. The molecule has 7 heteroatoms. The van der Waals surface area contributed by atoms with Crippen LogP contribution in [0, 0.1) is 5.92 Å². The summed E-state index contributed by atoms with van der Waals surface area (Å²) >= 11 is 0. The molecule has 16 heavy (non-hydrogen) atoms. The van der Waals surface area contributed by atoms with E-state index in [9.17, 15) is 0 Å². The maximum Gasteiger partial charge on any atom is 0.175 e. The minimum atomic E-state index is 0.298. The van der Waals surface area contributed by atoms with E-state index in [4.69, 9.17) is 11.5 Å². The highest BCUT2D eigenvalue weighted by Gasteiger charge is 2.12. The lowest BCUT2D eigenvalue weighted by molar-refractivity contribution is 0.379. The van der Waals surface area contributed by atoms with Crippen molar-refractivity contribution in [2.24, 2.45) is 16.1 Å². The summed E-state index contributed by atoms with van der Waals surface area (Å²) in [5, 5.41) is 17.8. The van der Waals surface area contributed by atoms with Gasteiger partial charge in [0, 0.05) is 0 Å². The van der Waals surface area contributed by atoms with E-state index in [1.54, 1.807) is 0 Å². The van der Waals surface area contributed by atoms with Gasteiger partial charge in [-0.2, -0.15) is 10.2 Å². The standard InChI is InChI=1S/C9H17N7/c10-8-7(9(11)16-15-8)14-13-5-6-1-3-12-4-2-6/h6,12H,1-5H2,(H5,10,11,15,16). The Morgan fingerprint density at radius 1 is 1.31 bits per heavy atom. The van der Waals surface area contributed by atoms with Gasteiger partial charge in [-0.3, -0.25) is 5.10 Å². The smallest absolute Gasteiger partial charge is 0.175 e. The molecule has 0 amide bonds. The van der Waals surface area contributed by atoms with Crippen LogP contribution in [0.1, 0.15) is 12.8 Å². The summed E-state index contributed by atoms with van der Waals surface area (Å²) in [6.07, 6.45) is 2.30. The van der Waals surface area contributed by atoms with E-state index in [-0.39, 0.29) is 0 Å². The lowest BCUT2D eigenvalue weighted by Crippen LogP contribution is -2.28. The number of nitrogens with two attached hydrogens (primary N) is 2. The first-order valence-electron chi connectivity index (χ1n) is 5.45. The average molecular weight is 223 g/mol. The average Bonchev–Trinajstić information content (AvgIpc) is 2.62. The number of aromatic nitrogens is 2. The molecule has 88 valence electrons. The molecule has 0 radical (unpaired) electrons. The molecule has 0 spiro atoms. The topological polar surface area (TPSA) is 117 Å². The van der Waals surface area contributed by atoms with Crippen LogP contribution in [-0.4, -0.2) is 29.8 Å². The monoisotopic (exact) mass is 223 g/mol. The lowest BCUT2D eigenvalue weighted by Gasteiger charge is -2.19. The Kier molecular flexibility index (Phi) is 3.35. The fourth-order valence-electron chi connectivity index (χ4n) is 1.76. The number of azo groups is 1. The van der Waals surface area contributed by atoms with Gasteiger partial charge in [0.1, 0.15) is 5.82 Å². The molecule has 2 rings (SSSR count). The van der Waals surface area contributed by atoms with Gasteiger partial charge >= 0.3 is 0 Å². The van der Waals surface area contributed by atoms with E-state index in [0.29, 0.717) is 23.2 Å². The Bertz CT molecular complexity index is 344. The van der Waals surface area contributed by atoms with Crippen molar-refractivity contribution >= 4 is 17.3 Å². The minimum Gasteiger partial charge on any atom is -0.382 e. The van der Waals surface area contributed by atoms with Gasteiger partial charge in [-0.1, -0.05) is 0 Å². The maximum atomic E-state index is 5.60. The van der Waals surface area contributed by atoms with Crippen LogP contribution >= 0.6 is 0 Å². The van der Waals surface area contributed by atoms with Gasteiger partial charge in [0.25, 0.3) is 0 Å². The van der Waals surface area contributed by atoms with Crippen molar-refractivity contribution in [3.8, 4) is 0 Å². The highest BCUT2D eigenvalue weighted by atomic mass is 15.2. The maximum absolute atomic E-state index is 5.60. The molecular weight excluding hydrogens is 206 g/mol. The van der Waals surface area contributed by atoms with Crippen LogP contribution in [0.5, 0.6) is 0 Å². The molecule has 1 aromatic heterocycles. The third-order valence-electron chi connectivity index (χ3n) is 2.76. The van der Waals surface area contributed by atoms with Crippen molar-refractivity contribution in [2.75, 3.05) is 31.1 Å². The molecule has 6 N–H and O–H groups in total. The molecule has 7 nitrogen and oxygen atoms in total. The second kappa shape index (κ2) is 4.93. The highest BCUT2D eigenvalue weighted by molar-refractivity contribution is 5.69. The van der Waals surface area contributed by atoms with Gasteiger partial charge in [0.05, 0.1) is 6.54 Å². The predicted octanol–water partition coefficient (Wildman–Crippen LogP) is 0.657. The molecule has 1 aromatic rings. The van der Waals surface area contributed by atoms with Crippen molar-refractivity contribution in [3.63, 3.8) is 0 Å². The molecular formula is C9H17N7. The first-order chi connectivity index (χ1) is 7.77. The van der Waals surface area contributed by atoms with Crippen LogP contribution in [-0.2, 0) is 0 Å². The third-order valence-corrected chi connectivity index (χ3v) is 2.76. The number of hydrogen-bond donors (Lipinski definition) is 4. The zero-order valence-corrected chi connectivity index (χ0v) is 9.11. The quantitative estimate of drug-likeness (QED) is 0.563. The van der Waals surface area contributed by atoms with E-state index in [2.05, 4.69) is 25.7 Å². The van der Waals surface area contributed by atoms with E-state index in [0.717, 1.165) is 32.5 Å². The number of hydrogen-bond acceptors (Lipinski definition) is 6. The Morgan fingerprint density at radius 3 is 2.69 bits per heavy atom. The second-order valence-electron chi connectivity index (χ2n) is 3.99. The summed E-state index contributed by atoms with van der Waals surface area (Å²) in [7, 11) is 0. The van der Waals surface area contributed by atoms with Gasteiger partial charge in [0.2, 0.25) is 0 Å². The minimum absolute atomic E-state index is 0.298. The van der Waals surface area contributed by atoms with Crippen molar-refractivity contribution in [3.05, 3.63) is 0 Å². The van der Waals surface area contributed by atoms with Crippen molar-refractivity contribution in [1.82, 2.24) is 15.5 Å². The Labute approximate surface area is 93.7 Å². The van der Waals surface area contributed by atoms with E-state index < -0.39 is 0 Å². The third kappa shape index (κ3) is 2.48. The predicted molar refractivity (Wildman–Crippen MR) is 62.4 cm³/mol. The molecule has 0 unspecified atom stereocenters. The normalized spacial score (nSPS) is 18.2. The van der Waals surface area contributed by atoms with Crippen LogP contribution in [0.15, 0.2) is 10.2 Å². The lowest BCUT2D eigenvalue weighted by atomic mass is 9.99. The molecule has 0 bridgehead atoms. The fourth-order valence-corrected chi connectivity index (χ4v) is 1.76. The van der Waals surface area contributed by atoms with Crippen LogP contribution in [0.2, 0.25) is 0 Å². The van der Waals surface area contributed by atoms with Crippen LogP contribution in [0.3, 0.4) is 0 Å². The summed E-state index contributed by atoms with van der Waals surface area (Å²) < 4.78 is 0. The Morgan fingerprint density at radius 2 is 2.06 bits per heavy atom. The summed E-state index contributed by atoms with van der Waals surface area (Å²) in [5.74, 6) is 1.28. The van der Waals surface area contributed by atoms with E-state index in [1.165, 1.54) is 0 Å². The molecule has 1 fully saturated rings. The number of anilines is 2. The molecule has 2 heterocycles. The number of nitrogens with zero attached hydrogens (tertiary/aromatic N) is 3. The van der Waals surface area contributed by atoms with Crippen LogP contribution in [0.25, 0.3) is 0 Å². The summed E-state index contributed by atoms with van der Waals surface area (Å²) in [5.41, 5.74) is 11.6. The molecule has 0 saturated carbocycles. The van der Waals surface area contributed by atoms with E-state index in [1.807, 2.05) is 0 Å². The summed E-state index contributed by atoms with van der Waals surface area (Å²) in [4.78, 5) is 0. The van der Waals surface area contributed by atoms with Crippen LogP contribution < -0.4 is 16.8 Å². The SMILES string of the molecule is Nc1n[nH]c(N)c1N=NCC1CCNCC1. The molecule has 0 aromatic carbocycles. The molecule has 1 aliphatic rings. The van der Waals surface area contributed by atoms with Gasteiger partial charge in [-0.15, -0.1) is 5.11 Å². The van der Waals surface area contributed by atoms with Gasteiger partial charge in [0.15, 0.2) is 11.5 Å². The largest absolute Gasteiger partial charge is 0.382 e. The fraction of sp³-hybridized carbons (Fsp3) is 0.667. The molecule has 0 atom stereocenters. The zero-order chi connectivity index (χ0) is 11.4. The Hall–Kier alpha value is -1.63. The van der Waals surface area contributed by atoms with E-state index >= 15 is 0 Å². The summed E-state index contributed by atoms with van der Waals surface area (Å²) in [6.45, 7) is 2.86. The van der Waals surface area contributed by atoms with Crippen LogP contribution in [0.4, 0.5) is 17.3 Å². The van der Waals surface area contributed by atoms with Gasteiger partial charge < -0.3 is 16.8 Å². The number of rotatable bonds is 3. The first kappa shape index (κ1) is 10.9. The van der Waals surface area contributed by atoms with Gasteiger partial charge in [-0.25, -0.2) is 0 Å².